The average molecular weight is 263 g/mol. The number of carbonyl (C=O) groups excluding carboxylic acids is 2. The third-order valence-electron chi connectivity index (χ3n) is 2.88. The number of rotatable bonds is 3. The summed E-state index contributed by atoms with van der Waals surface area (Å²) in [5.41, 5.74) is 6.94. The molecule has 3 amide bonds. The number of imide groups is 1. The van der Waals surface area contributed by atoms with Gasteiger partial charge < -0.3 is 16.2 Å². The molecule has 0 radical (unpaired) electrons. The molecule has 0 aromatic heterocycles. The molecule has 0 spiro atoms. The minimum atomic E-state index is -1.18. The Balaban J connectivity index is 1.92. The number of carbonyl (C=O) groups is 3. The Morgan fingerprint density at radius 1 is 1.37 bits per heavy atom. The number of nitrogens with one attached hydrogen (secondary N) is 1. The molecule has 4 N–H and O–H groups in total. The number of hydrogen-bond acceptors (Lipinski definition) is 4. The maximum atomic E-state index is 11.7. The zero-order chi connectivity index (χ0) is 14.0. The number of anilines is 1. The maximum absolute atomic E-state index is 11.7. The third-order valence-corrected chi connectivity index (χ3v) is 2.88. The lowest BCUT2D eigenvalue weighted by atomic mass is 10.0. The van der Waals surface area contributed by atoms with Crippen molar-refractivity contribution in [1.29, 1.82) is 0 Å². The first-order chi connectivity index (χ1) is 8.99. The number of nitrogen functional groups attached to an aromatic ring is 1. The van der Waals surface area contributed by atoms with Gasteiger partial charge in [-0.2, -0.15) is 0 Å². The molecular weight excluding hydrogens is 250 g/mol. The quantitative estimate of drug-likeness (QED) is 0.531. The summed E-state index contributed by atoms with van der Waals surface area (Å²) in [4.78, 5) is 34.4. The lowest BCUT2D eigenvalue weighted by Gasteiger charge is -2.35. The van der Waals surface area contributed by atoms with Crippen molar-refractivity contribution in [3.8, 4) is 0 Å². The first-order valence-electron chi connectivity index (χ1n) is 5.66. The predicted octanol–water partition coefficient (Wildman–Crippen LogP) is 0.164. The summed E-state index contributed by atoms with van der Waals surface area (Å²) in [6.45, 7) is 0.204. The van der Waals surface area contributed by atoms with Crippen LogP contribution in [0.1, 0.15) is 12.0 Å². The highest BCUT2D eigenvalue weighted by molar-refractivity contribution is 6.05. The van der Waals surface area contributed by atoms with E-state index < -0.39 is 23.9 Å². The standard InChI is InChI=1S/C12H13N3O4/c13-8-3-1-7(2-4-8)6-14-12(19)15-9(11(17)18)5-10(15)16/h1-4,9H,5-6,13H2,(H,14,19)(H,17,18)/t9-/m0/s1. The van der Waals surface area contributed by atoms with Crippen LogP contribution in [0.3, 0.4) is 0 Å². The van der Waals surface area contributed by atoms with Crippen LogP contribution in [0.5, 0.6) is 0 Å². The van der Waals surface area contributed by atoms with Crippen LogP contribution in [0, 0.1) is 0 Å². The van der Waals surface area contributed by atoms with Gasteiger partial charge in [0.25, 0.3) is 0 Å². The normalized spacial score (nSPS) is 17.8. The van der Waals surface area contributed by atoms with E-state index >= 15 is 0 Å². The largest absolute Gasteiger partial charge is 0.480 e. The zero-order valence-electron chi connectivity index (χ0n) is 10.00. The van der Waals surface area contributed by atoms with Crippen molar-refractivity contribution in [1.82, 2.24) is 10.2 Å². The molecule has 1 saturated heterocycles. The van der Waals surface area contributed by atoms with E-state index in [0.29, 0.717) is 5.69 Å². The first kappa shape index (κ1) is 12.9. The molecule has 1 heterocycles. The molecule has 19 heavy (non-hydrogen) atoms. The zero-order valence-corrected chi connectivity index (χ0v) is 10.00. The number of aliphatic carboxylic acids is 1. The van der Waals surface area contributed by atoms with E-state index in [-0.39, 0.29) is 13.0 Å². The molecule has 1 aromatic carbocycles. The van der Waals surface area contributed by atoms with Gasteiger partial charge in [-0.25, -0.2) is 14.5 Å². The summed E-state index contributed by atoms with van der Waals surface area (Å²) in [5.74, 6) is -1.66. The van der Waals surface area contributed by atoms with Gasteiger partial charge in [0, 0.05) is 12.2 Å². The number of amides is 3. The minimum absolute atomic E-state index is 0.134. The summed E-state index contributed by atoms with van der Waals surface area (Å²) >= 11 is 0. The smallest absolute Gasteiger partial charge is 0.327 e. The molecule has 0 bridgehead atoms. The Hall–Kier alpha value is -2.57. The number of likely N-dealkylation sites (tertiary alicyclic amines) is 1. The van der Waals surface area contributed by atoms with E-state index in [9.17, 15) is 14.4 Å². The van der Waals surface area contributed by atoms with Crippen molar-refractivity contribution >= 4 is 23.6 Å². The Labute approximate surface area is 109 Å². The van der Waals surface area contributed by atoms with Crippen LogP contribution < -0.4 is 11.1 Å². The van der Waals surface area contributed by atoms with Gasteiger partial charge >= 0.3 is 12.0 Å². The fraction of sp³-hybridized carbons (Fsp3) is 0.250. The van der Waals surface area contributed by atoms with Crippen LogP contribution >= 0.6 is 0 Å². The fourth-order valence-corrected chi connectivity index (χ4v) is 1.77. The van der Waals surface area contributed by atoms with Crippen LogP contribution in [0.2, 0.25) is 0 Å². The number of carboxylic acids is 1. The monoisotopic (exact) mass is 263 g/mol. The minimum Gasteiger partial charge on any atom is -0.480 e. The van der Waals surface area contributed by atoms with Gasteiger partial charge in [0.15, 0.2) is 0 Å². The molecule has 7 nitrogen and oxygen atoms in total. The second-order valence-electron chi connectivity index (χ2n) is 4.22. The second kappa shape index (κ2) is 4.97. The topological polar surface area (TPSA) is 113 Å². The number of nitrogens with two attached hydrogens (primary N) is 1. The van der Waals surface area contributed by atoms with Crippen molar-refractivity contribution < 1.29 is 19.5 Å². The molecule has 1 fully saturated rings. The van der Waals surface area contributed by atoms with E-state index in [4.69, 9.17) is 10.8 Å². The molecule has 2 rings (SSSR count). The van der Waals surface area contributed by atoms with Gasteiger partial charge in [-0.1, -0.05) is 12.1 Å². The Morgan fingerprint density at radius 2 is 2.00 bits per heavy atom. The molecule has 7 heteroatoms. The molecule has 0 aliphatic carbocycles. The predicted molar refractivity (Wildman–Crippen MR) is 66.0 cm³/mol. The van der Waals surface area contributed by atoms with Crippen LogP contribution in [0.4, 0.5) is 10.5 Å². The van der Waals surface area contributed by atoms with E-state index in [1.807, 2.05) is 0 Å². The highest BCUT2D eigenvalue weighted by Crippen LogP contribution is 2.19. The van der Waals surface area contributed by atoms with Gasteiger partial charge in [-0.05, 0) is 17.7 Å². The molecule has 0 saturated carbocycles. The fourth-order valence-electron chi connectivity index (χ4n) is 1.77. The summed E-state index contributed by atoms with van der Waals surface area (Å²) in [6, 6.07) is 5.11. The van der Waals surface area contributed by atoms with Crippen molar-refractivity contribution in [3.63, 3.8) is 0 Å². The van der Waals surface area contributed by atoms with Crippen molar-refractivity contribution in [2.75, 3.05) is 5.73 Å². The van der Waals surface area contributed by atoms with E-state index in [2.05, 4.69) is 5.32 Å². The van der Waals surface area contributed by atoms with Crippen LogP contribution in [0.25, 0.3) is 0 Å². The van der Waals surface area contributed by atoms with Crippen molar-refractivity contribution in [2.45, 2.75) is 19.0 Å². The highest BCUT2D eigenvalue weighted by Gasteiger charge is 2.45. The third kappa shape index (κ3) is 2.65. The molecule has 1 aliphatic rings. The van der Waals surface area contributed by atoms with Crippen LogP contribution in [0.15, 0.2) is 24.3 Å². The van der Waals surface area contributed by atoms with E-state index in [0.717, 1.165) is 10.5 Å². The summed E-state index contributed by atoms with van der Waals surface area (Å²) in [6.07, 6.45) is -0.134. The molecular formula is C12H13N3O4. The van der Waals surface area contributed by atoms with Gasteiger partial charge in [0.2, 0.25) is 5.91 Å². The number of carboxylic acid groups (broad SMARTS) is 1. The SMILES string of the molecule is Nc1ccc(CNC(=O)N2C(=O)C[C@H]2C(=O)O)cc1. The maximum Gasteiger partial charge on any atom is 0.327 e. The van der Waals surface area contributed by atoms with Gasteiger partial charge in [-0.3, -0.25) is 4.79 Å². The number of hydrogen-bond donors (Lipinski definition) is 3. The van der Waals surface area contributed by atoms with Crippen LogP contribution in [-0.4, -0.2) is 34.0 Å². The Bertz CT molecular complexity index is 526. The number of nitrogens with zero attached hydrogens (tertiary/aromatic N) is 1. The number of benzene rings is 1. The van der Waals surface area contributed by atoms with E-state index in [1.165, 1.54) is 0 Å². The van der Waals surface area contributed by atoms with Gasteiger partial charge in [0.05, 0.1) is 6.42 Å². The summed E-state index contributed by atoms with van der Waals surface area (Å²) in [5, 5.41) is 11.3. The molecule has 0 unspecified atom stereocenters. The van der Waals surface area contributed by atoms with E-state index in [1.54, 1.807) is 24.3 Å². The first-order valence-corrected chi connectivity index (χ1v) is 5.66. The molecule has 100 valence electrons. The van der Waals surface area contributed by atoms with Crippen molar-refractivity contribution in [2.24, 2.45) is 0 Å². The summed E-state index contributed by atoms with van der Waals surface area (Å²) < 4.78 is 0. The lowest BCUT2D eigenvalue weighted by molar-refractivity contribution is -0.157. The average Bonchev–Trinajstić information content (AvgIpc) is 2.34. The van der Waals surface area contributed by atoms with Crippen molar-refractivity contribution in [3.05, 3.63) is 29.8 Å². The Morgan fingerprint density at radius 3 is 2.53 bits per heavy atom. The number of β-lactam (4-membered cyclic amide) rings is 1. The molecule has 1 aliphatic heterocycles. The van der Waals surface area contributed by atoms with Gasteiger partial charge in [-0.15, -0.1) is 0 Å². The van der Waals surface area contributed by atoms with Crippen LogP contribution in [-0.2, 0) is 16.1 Å². The molecule has 1 aromatic rings. The second-order valence-corrected chi connectivity index (χ2v) is 4.22. The Kier molecular flexibility index (Phi) is 3.37. The molecule has 1 atom stereocenters. The summed E-state index contributed by atoms with van der Waals surface area (Å²) in [7, 11) is 0. The number of urea groups is 1. The lowest BCUT2D eigenvalue weighted by Crippen LogP contribution is -2.61. The van der Waals surface area contributed by atoms with Gasteiger partial charge in [0.1, 0.15) is 6.04 Å². The highest BCUT2D eigenvalue weighted by atomic mass is 16.4.